The normalized spacial score (nSPS) is 11.6. The molecule has 0 amide bonds. The third kappa shape index (κ3) is 3.50. The maximum absolute atomic E-state index is 5.57. The molecule has 0 aromatic heterocycles. The lowest BCUT2D eigenvalue weighted by Crippen LogP contribution is -2.02. The van der Waals surface area contributed by atoms with Gasteiger partial charge in [0.2, 0.25) is 0 Å². The van der Waals surface area contributed by atoms with Crippen molar-refractivity contribution in [3.05, 3.63) is 38.4 Å². The Morgan fingerprint density at radius 1 is 1.57 bits per heavy atom. The van der Waals surface area contributed by atoms with Gasteiger partial charge in [-0.3, -0.25) is 0 Å². The zero-order chi connectivity index (χ0) is 10.6. The second-order valence-electron chi connectivity index (χ2n) is 3.27. The van der Waals surface area contributed by atoms with Crippen molar-refractivity contribution < 1.29 is 0 Å². The quantitative estimate of drug-likeness (QED) is 0.825. The second kappa shape index (κ2) is 5.61. The van der Waals surface area contributed by atoms with Gasteiger partial charge >= 0.3 is 0 Å². The first-order valence-electron chi connectivity index (χ1n) is 4.39. The Labute approximate surface area is 104 Å². The molecule has 1 N–H and O–H groups in total. The Balaban J connectivity index is 2.64. The maximum Gasteiger partial charge on any atom is 0.0369 e. The summed E-state index contributed by atoms with van der Waals surface area (Å²) in [5.74, 6) is 0. The van der Waals surface area contributed by atoms with Crippen LogP contribution in [0.15, 0.2) is 29.3 Å². The van der Waals surface area contributed by atoms with E-state index in [2.05, 4.69) is 53.0 Å². The standard InChI is InChI=1S/C11H13ClIN/c1-8(6-12)7-14-10-4-3-9(2)11(13)5-10/h3-6,14H,7H2,1-2H3/b8-6-. The first-order valence-corrected chi connectivity index (χ1v) is 5.91. The highest BCUT2D eigenvalue weighted by Gasteiger charge is 1.96. The van der Waals surface area contributed by atoms with Crippen LogP contribution in [0.1, 0.15) is 12.5 Å². The molecule has 1 nitrogen and oxygen atoms in total. The van der Waals surface area contributed by atoms with Crippen molar-refractivity contribution in [3.63, 3.8) is 0 Å². The SMILES string of the molecule is C/C(=C/Cl)CNc1ccc(C)c(I)c1. The molecule has 76 valence electrons. The van der Waals surface area contributed by atoms with Crippen LogP contribution in [0.25, 0.3) is 0 Å². The molecule has 0 aliphatic carbocycles. The minimum atomic E-state index is 0.794. The number of nitrogens with one attached hydrogen (secondary N) is 1. The van der Waals surface area contributed by atoms with Gasteiger partial charge in [-0.05, 0) is 59.7 Å². The summed E-state index contributed by atoms with van der Waals surface area (Å²) in [4.78, 5) is 0. The van der Waals surface area contributed by atoms with Crippen LogP contribution >= 0.6 is 34.2 Å². The summed E-state index contributed by atoms with van der Waals surface area (Å²) in [6.45, 7) is 4.90. The third-order valence-corrected chi connectivity index (χ3v) is 3.46. The number of anilines is 1. The van der Waals surface area contributed by atoms with Crippen molar-refractivity contribution in [2.75, 3.05) is 11.9 Å². The molecule has 0 aliphatic rings. The number of aryl methyl sites for hydroxylation is 1. The van der Waals surface area contributed by atoms with Crippen LogP contribution in [0.4, 0.5) is 5.69 Å². The van der Waals surface area contributed by atoms with Crippen LogP contribution in [0.5, 0.6) is 0 Å². The monoisotopic (exact) mass is 321 g/mol. The summed E-state index contributed by atoms with van der Waals surface area (Å²) in [5, 5.41) is 3.31. The Morgan fingerprint density at radius 2 is 2.29 bits per heavy atom. The first-order chi connectivity index (χ1) is 6.63. The number of hydrogen-bond donors (Lipinski definition) is 1. The number of halogens is 2. The predicted molar refractivity (Wildman–Crippen MR) is 72.0 cm³/mol. The van der Waals surface area contributed by atoms with Crippen molar-refractivity contribution in [2.24, 2.45) is 0 Å². The van der Waals surface area contributed by atoms with E-state index in [0.29, 0.717) is 0 Å². The fourth-order valence-electron chi connectivity index (χ4n) is 0.983. The van der Waals surface area contributed by atoms with E-state index < -0.39 is 0 Å². The number of benzene rings is 1. The van der Waals surface area contributed by atoms with Crippen molar-refractivity contribution in [2.45, 2.75) is 13.8 Å². The molecular formula is C11H13ClIN. The van der Waals surface area contributed by atoms with E-state index in [1.54, 1.807) is 5.54 Å². The fourth-order valence-corrected chi connectivity index (χ4v) is 1.58. The van der Waals surface area contributed by atoms with Crippen molar-refractivity contribution in [1.29, 1.82) is 0 Å². The molecule has 0 bridgehead atoms. The smallest absolute Gasteiger partial charge is 0.0369 e. The minimum Gasteiger partial charge on any atom is -0.381 e. The van der Waals surface area contributed by atoms with Gasteiger partial charge in [0, 0.05) is 21.3 Å². The van der Waals surface area contributed by atoms with Gasteiger partial charge < -0.3 is 5.32 Å². The van der Waals surface area contributed by atoms with E-state index in [1.165, 1.54) is 9.13 Å². The minimum absolute atomic E-state index is 0.794. The molecule has 3 heteroatoms. The summed E-state index contributed by atoms with van der Waals surface area (Å²) in [6, 6.07) is 6.33. The lowest BCUT2D eigenvalue weighted by molar-refractivity contribution is 1.21. The van der Waals surface area contributed by atoms with E-state index in [1.807, 2.05) is 6.92 Å². The van der Waals surface area contributed by atoms with Crippen molar-refractivity contribution in [3.8, 4) is 0 Å². The summed E-state index contributed by atoms with van der Waals surface area (Å²) >= 11 is 7.91. The van der Waals surface area contributed by atoms with Gasteiger partial charge in [-0.15, -0.1) is 0 Å². The molecule has 0 aliphatic heterocycles. The summed E-state index contributed by atoms with van der Waals surface area (Å²) in [5.41, 5.74) is 5.17. The van der Waals surface area contributed by atoms with Gasteiger partial charge in [0.05, 0.1) is 0 Å². The van der Waals surface area contributed by atoms with Crippen LogP contribution in [-0.2, 0) is 0 Å². The molecular weight excluding hydrogens is 308 g/mol. The van der Waals surface area contributed by atoms with E-state index in [-0.39, 0.29) is 0 Å². The van der Waals surface area contributed by atoms with E-state index in [4.69, 9.17) is 11.6 Å². The lowest BCUT2D eigenvalue weighted by atomic mass is 10.2. The summed E-state index contributed by atoms with van der Waals surface area (Å²) in [7, 11) is 0. The molecule has 0 radical (unpaired) electrons. The van der Waals surface area contributed by atoms with E-state index in [0.717, 1.165) is 17.8 Å². The van der Waals surface area contributed by atoms with Crippen LogP contribution < -0.4 is 5.32 Å². The van der Waals surface area contributed by atoms with E-state index >= 15 is 0 Å². The van der Waals surface area contributed by atoms with Crippen LogP contribution in [0.2, 0.25) is 0 Å². The topological polar surface area (TPSA) is 12.0 Å². The molecule has 0 heterocycles. The van der Waals surface area contributed by atoms with Gasteiger partial charge in [-0.2, -0.15) is 0 Å². The average Bonchev–Trinajstić information content (AvgIpc) is 2.19. The molecule has 14 heavy (non-hydrogen) atoms. The molecule has 0 saturated heterocycles. The molecule has 1 rings (SSSR count). The van der Waals surface area contributed by atoms with Crippen LogP contribution in [0.3, 0.4) is 0 Å². The van der Waals surface area contributed by atoms with Gasteiger partial charge in [-0.1, -0.05) is 17.7 Å². The molecule has 0 unspecified atom stereocenters. The number of hydrogen-bond acceptors (Lipinski definition) is 1. The van der Waals surface area contributed by atoms with Gasteiger partial charge in [0.25, 0.3) is 0 Å². The van der Waals surface area contributed by atoms with E-state index in [9.17, 15) is 0 Å². The Kier molecular flexibility index (Phi) is 4.75. The molecule has 0 fully saturated rings. The number of rotatable bonds is 3. The molecule has 1 aromatic carbocycles. The Morgan fingerprint density at radius 3 is 2.86 bits per heavy atom. The van der Waals surface area contributed by atoms with Crippen LogP contribution in [-0.4, -0.2) is 6.54 Å². The lowest BCUT2D eigenvalue weighted by Gasteiger charge is -2.07. The van der Waals surface area contributed by atoms with Crippen molar-refractivity contribution in [1.82, 2.24) is 0 Å². The molecule has 0 saturated carbocycles. The van der Waals surface area contributed by atoms with Gasteiger partial charge in [0.15, 0.2) is 0 Å². The average molecular weight is 322 g/mol. The van der Waals surface area contributed by atoms with Crippen molar-refractivity contribution >= 4 is 39.9 Å². The molecule has 0 atom stereocenters. The summed E-state index contributed by atoms with van der Waals surface area (Å²) in [6.07, 6.45) is 0. The van der Waals surface area contributed by atoms with Gasteiger partial charge in [0.1, 0.15) is 0 Å². The third-order valence-electron chi connectivity index (χ3n) is 1.93. The largest absolute Gasteiger partial charge is 0.381 e. The van der Waals surface area contributed by atoms with Gasteiger partial charge in [-0.25, -0.2) is 0 Å². The van der Waals surface area contributed by atoms with Crippen LogP contribution in [0, 0.1) is 10.5 Å². The first kappa shape index (κ1) is 11.9. The highest BCUT2D eigenvalue weighted by Crippen LogP contribution is 2.17. The maximum atomic E-state index is 5.57. The summed E-state index contributed by atoms with van der Waals surface area (Å²) < 4.78 is 1.28. The highest BCUT2D eigenvalue weighted by molar-refractivity contribution is 14.1. The predicted octanol–water partition coefficient (Wildman–Crippen LogP) is 4.15. The molecule has 1 aromatic rings. The Bertz CT molecular complexity index is 347. The highest BCUT2D eigenvalue weighted by atomic mass is 127. The fraction of sp³-hybridized carbons (Fsp3) is 0.273. The molecule has 0 spiro atoms. The zero-order valence-electron chi connectivity index (χ0n) is 8.27. The Hall–Kier alpha value is -0.220. The zero-order valence-corrected chi connectivity index (χ0v) is 11.2. The second-order valence-corrected chi connectivity index (χ2v) is 4.65.